The van der Waals surface area contributed by atoms with Crippen molar-refractivity contribution >= 4 is 17.4 Å². The molecule has 0 saturated heterocycles. The Kier molecular flexibility index (Phi) is 3.57. The van der Waals surface area contributed by atoms with E-state index >= 15 is 0 Å². The van der Waals surface area contributed by atoms with E-state index in [9.17, 15) is 9.18 Å². The number of carbonyl (C=O) groups excluding carboxylic acids is 1. The van der Waals surface area contributed by atoms with Crippen LogP contribution in [0.2, 0.25) is 0 Å². The Morgan fingerprint density at radius 3 is 2.72 bits per heavy atom. The van der Waals surface area contributed by atoms with Gasteiger partial charge in [0.15, 0.2) is 5.82 Å². The second kappa shape index (κ2) is 5.31. The van der Waals surface area contributed by atoms with E-state index < -0.39 is 0 Å². The van der Waals surface area contributed by atoms with Gasteiger partial charge in [-0.05, 0) is 31.2 Å². The van der Waals surface area contributed by atoms with Crippen LogP contribution in [-0.4, -0.2) is 17.6 Å². The Hall–Kier alpha value is -2.37. The van der Waals surface area contributed by atoms with Gasteiger partial charge in [0.1, 0.15) is 11.6 Å². The minimum absolute atomic E-state index is 0.0670. The van der Waals surface area contributed by atoms with Gasteiger partial charge in [0.05, 0.1) is 6.54 Å². The zero-order valence-corrected chi connectivity index (χ0v) is 9.74. The molecule has 0 bridgehead atoms. The number of hydrogen-bond acceptors (Lipinski definition) is 4. The van der Waals surface area contributed by atoms with Gasteiger partial charge in [0.2, 0.25) is 5.91 Å². The molecule has 0 aliphatic heterocycles. The first-order chi connectivity index (χ1) is 8.63. The predicted molar refractivity (Wildman–Crippen MR) is 64.8 cm³/mol. The first kappa shape index (κ1) is 12.1. The van der Waals surface area contributed by atoms with E-state index in [2.05, 4.69) is 15.8 Å². The largest absolute Gasteiger partial charge is 0.376 e. The van der Waals surface area contributed by atoms with Crippen LogP contribution in [0.1, 0.15) is 5.76 Å². The molecule has 0 aliphatic rings. The van der Waals surface area contributed by atoms with Gasteiger partial charge in [-0.15, -0.1) is 0 Å². The van der Waals surface area contributed by atoms with Gasteiger partial charge < -0.3 is 15.2 Å². The van der Waals surface area contributed by atoms with E-state index in [-0.39, 0.29) is 18.3 Å². The quantitative estimate of drug-likeness (QED) is 0.871. The highest BCUT2D eigenvalue weighted by molar-refractivity contribution is 5.92. The highest BCUT2D eigenvalue weighted by atomic mass is 19.1. The summed E-state index contributed by atoms with van der Waals surface area (Å²) in [6.07, 6.45) is 0. The minimum atomic E-state index is -0.317. The lowest BCUT2D eigenvalue weighted by Gasteiger charge is -2.05. The highest BCUT2D eigenvalue weighted by Gasteiger charge is 2.05. The second-order valence-electron chi connectivity index (χ2n) is 3.73. The molecule has 2 N–H and O–H groups in total. The summed E-state index contributed by atoms with van der Waals surface area (Å²) in [4.78, 5) is 11.5. The van der Waals surface area contributed by atoms with Crippen LogP contribution < -0.4 is 10.6 Å². The molecule has 1 amide bonds. The lowest BCUT2D eigenvalue weighted by atomic mass is 10.3. The van der Waals surface area contributed by atoms with Gasteiger partial charge in [-0.25, -0.2) is 4.39 Å². The molecule has 0 saturated carbocycles. The van der Waals surface area contributed by atoms with Crippen molar-refractivity contribution in [1.82, 2.24) is 5.16 Å². The number of aryl methyl sites for hydroxylation is 1. The molecule has 0 radical (unpaired) electrons. The molecule has 18 heavy (non-hydrogen) atoms. The highest BCUT2D eigenvalue weighted by Crippen LogP contribution is 2.09. The molecule has 94 valence electrons. The second-order valence-corrected chi connectivity index (χ2v) is 3.73. The van der Waals surface area contributed by atoms with Crippen molar-refractivity contribution in [3.05, 3.63) is 41.9 Å². The average molecular weight is 249 g/mol. The van der Waals surface area contributed by atoms with Gasteiger partial charge in [-0.2, -0.15) is 0 Å². The lowest BCUT2D eigenvalue weighted by molar-refractivity contribution is -0.114. The van der Waals surface area contributed by atoms with Crippen molar-refractivity contribution in [3.8, 4) is 0 Å². The number of hydrogen-bond donors (Lipinski definition) is 2. The Morgan fingerprint density at radius 1 is 1.39 bits per heavy atom. The van der Waals surface area contributed by atoms with E-state index in [1.54, 1.807) is 25.1 Å². The molecule has 0 atom stereocenters. The monoisotopic (exact) mass is 249 g/mol. The van der Waals surface area contributed by atoms with E-state index in [4.69, 9.17) is 4.52 Å². The molecule has 0 aliphatic carbocycles. The number of nitrogens with zero attached hydrogens (tertiary/aromatic N) is 1. The summed E-state index contributed by atoms with van der Waals surface area (Å²) in [5.74, 6) is 0.422. The molecular formula is C12H12FN3O2. The van der Waals surface area contributed by atoms with Crippen LogP contribution in [0.4, 0.5) is 15.9 Å². The molecule has 5 nitrogen and oxygen atoms in total. The summed E-state index contributed by atoms with van der Waals surface area (Å²) >= 11 is 0. The smallest absolute Gasteiger partial charge is 0.244 e. The average Bonchev–Trinajstić information content (AvgIpc) is 2.74. The van der Waals surface area contributed by atoms with Crippen molar-refractivity contribution < 1.29 is 13.7 Å². The molecule has 0 fully saturated rings. The SMILES string of the molecule is Cc1cc(NC(=O)CNc2ccc(F)cc2)no1. The van der Waals surface area contributed by atoms with Crippen molar-refractivity contribution in [3.63, 3.8) is 0 Å². The number of anilines is 2. The van der Waals surface area contributed by atoms with Crippen LogP contribution in [0.5, 0.6) is 0 Å². The Bertz CT molecular complexity index is 537. The molecule has 1 aromatic carbocycles. The zero-order valence-electron chi connectivity index (χ0n) is 9.74. The van der Waals surface area contributed by atoms with Crippen molar-refractivity contribution in [2.75, 3.05) is 17.2 Å². The van der Waals surface area contributed by atoms with Gasteiger partial charge in [0.25, 0.3) is 0 Å². The Morgan fingerprint density at radius 2 is 2.11 bits per heavy atom. The van der Waals surface area contributed by atoms with Gasteiger partial charge in [0, 0.05) is 11.8 Å². The maximum Gasteiger partial charge on any atom is 0.244 e. The molecule has 6 heteroatoms. The maximum atomic E-state index is 12.6. The predicted octanol–water partition coefficient (Wildman–Crippen LogP) is 2.17. The molecule has 1 aromatic heterocycles. The van der Waals surface area contributed by atoms with Gasteiger partial charge in [-0.1, -0.05) is 5.16 Å². The molecule has 1 heterocycles. The van der Waals surface area contributed by atoms with Crippen molar-refractivity contribution in [2.45, 2.75) is 6.92 Å². The Balaban J connectivity index is 1.83. The number of carbonyl (C=O) groups is 1. The third kappa shape index (κ3) is 3.31. The van der Waals surface area contributed by atoms with Crippen LogP contribution in [0, 0.1) is 12.7 Å². The van der Waals surface area contributed by atoms with Crippen LogP contribution in [0.3, 0.4) is 0 Å². The summed E-state index contributed by atoms with van der Waals surface area (Å²) in [6.45, 7) is 1.80. The van der Waals surface area contributed by atoms with Crippen molar-refractivity contribution in [2.24, 2.45) is 0 Å². The summed E-state index contributed by atoms with van der Waals surface area (Å²) in [5, 5.41) is 9.06. The third-order valence-electron chi connectivity index (χ3n) is 2.19. The summed E-state index contributed by atoms with van der Waals surface area (Å²) in [5.41, 5.74) is 0.669. The van der Waals surface area contributed by atoms with Crippen molar-refractivity contribution in [1.29, 1.82) is 0 Å². The third-order valence-corrected chi connectivity index (χ3v) is 2.19. The van der Waals surface area contributed by atoms with Crippen LogP contribution in [0.25, 0.3) is 0 Å². The van der Waals surface area contributed by atoms with E-state index in [1.165, 1.54) is 12.1 Å². The van der Waals surface area contributed by atoms with E-state index in [0.29, 0.717) is 17.3 Å². The Labute approximate surface area is 103 Å². The zero-order chi connectivity index (χ0) is 13.0. The fraction of sp³-hybridized carbons (Fsp3) is 0.167. The fourth-order valence-corrected chi connectivity index (χ4v) is 1.36. The van der Waals surface area contributed by atoms with Crippen LogP contribution in [0.15, 0.2) is 34.9 Å². The number of amides is 1. The summed E-state index contributed by atoms with van der Waals surface area (Å²) in [7, 11) is 0. The molecular weight excluding hydrogens is 237 g/mol. The fourth-order valence-electron chi connectivity index (χ4n) is 1.36. The van der Waals surface area contributed by atoms with Crippen LogP contribution >= 0.6 is 0 Å². The molecule has 2 rings (SSSR count). The summed E-state index contributed by atoms with van der Waals surface area (Å²) in [6, 6.07) is 7.38. The first-order valence-corrected chi connectivity index (χ1v) is 5.36. The minimum Gasteiger partial charge on any atom is -0.376 e. The standard InChI is InChI=1S/C12H12FN3O2/c1-8-6-11(16-18-8)15-12(17)7-14-10-4-2-9(13)3-5-10/h2-6,14H,7H2,1H3,(H,15,16,17). The number of aromatic nitrogens is 1. The number of benzene rings is 1. The van der Waals surface area contributed by atoms with E-state index in [0.717, 1.165) is 0 Å². The van der Waals surface area contributed by atoms with E-state index in [1.807, 2.05) is 0 Å². The number of nitrogens with one attached hydrogen (secondary N) is 2. The number of halogens is 1. The van der Waals surface area contributed by atoms with Gasteiger partial charge >= 0.3 is 0 Å². The summed E-state index contributed by atoms with van der Waals surface area (Å²) < 4.78 is 17.5. The first-order valence-electron chi connectivity index (χ1n) is 5.36. The topological polar surface area (TPSA) is 67.2 Å². The molecule has 0 unspecified atom stereocenters. The number of rotatable bonds is 4. The molecule has 0 spiro atoms. The van der Waals surface area contributed by atoms with Gasteiger partial charge in [-0.3, -0.25) is 4.79 Å². The van der Waals surface area contributed by atoms with Crippen LogP contribution in [-0.2, 0) is 4.79 Å². The normalized spacial score (nSPS) is 10.1. The lowest BCUT2D eigenvalue weighted by Crippen LogP contribution is -2.21. The molecule has 2 aromatic rings. The maximum absolute atomic E-state index is 12.6.